The molecule has 0 amide bonds. The van der Waals surface area contributed by atoms with Crippen molar-refractivity contribution in [2.24, 2.45) is 0 Å². The molecule has 0 atom stereocenters. The van der Waals surface area contributed by atoms with Crippen molar-refractivity contribution >= 4 is 15.2 Å². The monoisotopic (exact) mass is 202 g/mol. The highest BCUT2D eigenvalue weighted by molar-refractivity contribution is 7.41. The summed E-state index contributed by atoms with van der Waals surface area (Å²) in [7, 11) is -1.62. The van der Waals surface area contributed by atoms with E-state index in [4.69, 9.17) is 0 Å². The van der Waals surface area contributed by atoms with Crippen LogP contribution in [-0.2, 0) is 0 Å². The average Bonchev–Trinajstić information content (AvgIpc) is 2.15. The first-order chi connectivity index (χ1) is 5.49. The van der Waals surface area contributed by atoms with E-state index in [1.165, 1.54) is 24.2 Å². The Hall–Kier alpha value is 0.434. The zero-order valence-electron chi connectivity index (χ0n) is 9.83. The van der Waals surface area contributed by atoms with Crippen molar-refractivity contribution in [2.75, 3.05) is 0 Å². The van der Waals surface area contributed by atoms with Gasteiger partial charge in [-0.15, -0.1) is 0 Å². The van der Waals surface area contributed by atoms with Crippen LogP contribution in [0.1, 0.15) is 27.7 Å². The van der Waals surface area contributed by atoms with Crippen molar-refractivity contribution in [1.82, 2.24) is 0 Å². The SMILES string of the molecule is CC[Si](C)(CC)[Si](C)(CC)CC. The van der Waals surface area contributed by atoms with Crippen LogP contribution in [-0.4, -0.2) is 15.2 Å². The van der Waals surface area contributed by atoms with Crippen molar-refractivity contribution in [3.8, 4) is 0 Å². The van der Waals surface area contributed by atoms with E-state index in [2.05, 4.69) is 40.8 Å². The third kappa shape index (κ3) is 2.02. The Labute approximate surface area is 80.6 Å². The van der Waals surface area contributed by atoms with Crippen LogP contribution in [0.5, 0.6) is 0 Å². The molecule has 0 radical (unpaired) electrons. The van der Waals surface area contributed by atoms with Gasteiger partial charge in [0.1, 0.15) is 0 Å². The van der Waals surface area contributed by atoms with Gasteiger partial charge in [0, 0.05) is 15.2 Å². The quantitative estimate of drug-likeness (QED) is 0.583. The van der Waals surface area contributed by atoms with E-state index in [0.717, 1.165) is 0 Å². The van der Waals surface area contributed by atoms with Gasteiger partial charge in [0.15, 0.2) is 0 Å². The van der Waals surface area contributed by atoms with Gasteiger partial charge in [-0.2, -0.15) is 0 Å². The summed E-state index contributed by atoms with van der Waals surface area (Å²) in [6.45, 7) is 15.0. The summed E-state index contributed by atoms with van der Waals surface area (Å²) in [6, 6.07) is 6.03. The highest BCUT2D eigenvalue weighted by Crippen LogP contribution is 2.32. The fraction of sp³-hybridized carbons (Fsp3) is 1.00. The van der Waals surface area contributed by atoms with E-state index in [9.17, 15) is 0 Å². The fourth-order valence-electron chi connectivity index (χ4n) is 2.21. The third-order valence-corrected chi connectivity index (χ3v) is 26.7. The first-order valence-electron chi connectivity index (χ1n) is 5.49. The predicted molar refractivity (Wildman–Crippen MR) is 65.2 cm³/mol. The van der Waals surface area contributed by atoms with Crippen molar-refractivity contribution < 1.29 is 0 Å². The molecule has 0 rings (SSSR count). The normalized spacial score (nSPS) is 13.5. The molecule has 0 aromatic heterocycles. The lowest BCUT2D eigenvalue weighted by atomic mass is 10.9. The summed E-state index contributed by atoms with van der Waals surface area (Å²) in [5, 5.41) is 0. The van der Waals surface area contributed by atoms with Crippen molar-refractivity contribution in [1.29, 1.82) is 0 Å². The molecule has 2 heteroatoms. The van der Waals surface area contributed by atoms with Crippen LogP contribution < -0.4 is 0 Å². The summed E-state index contributed by atoms with van der Waals surface area (Å²) in [5.41, 5.74) is 0. The molecule has 0 aliphatic rings. The lowest BCUT2D eigenvalue weighted by Gasteiger charge is -2.42. The molecule has 0 fully saturated rings. The lowest BCUT2D eigenvalue weighted by Crippen LogP contribution is -2.57. The summed E-state index contributed by atoms with van der Waals surface area (Å²) >= 11 is 0. The Morgan fingerprint density at radius 1 is 0.583 bits per heavy atom. The molecule has 0 unspecified atom stereocenters. The second kappa shape index (κ2) is 4.61. The molecule has 0 aromatic rings. The van der Waals surface area contributed by atoms with Crippen LogP contribution in [0.2, 0.25) is 37.3 Å². The topological polar surface area (TPSA) is 0 Å². The summed E-state index contributed by atoms with van der Waals surface area (Å²) in [6.07, 6.45) is 0. The highest BCUT2D eigenvalue weighted by Gasteiger charge is 2.42. The van der Waals surface area contributed by atoms with Crippen molar-refractivity contribution in [3.63, 3.8) is 0 Å². The van der Waals surface area contributed by atoms with Gasteiger partial charge in [-0.1, -0.05) is 65.0 Å². The number of rotatable bonds is 5. The first-order valence-corrected chi connectivity index (χ1v) is 12.3. The van der Waals surface area contributed by atoms with Crippen molar-refractivity contribution in [3.05, 3.63) is 0 Å². The molecule has 0 N–H and O–H groups in total. The standard InChI is InChI=1S/C10H26Si2/c1-7-11(5,8-2)12(6,9-3)10-4/h7-10H2,1-6H3. The van der Waals surface area contributed by atoms with Crippen LogP contribution in [0, 0.1) is 0 Å². The zero-order chi connectivity index (χ0) is 9.83. The van der Waals surface area contributed by atoms with Crippen LogP contribution in [0.25, 0.3) is 0 Å². The van der Waals surface area contributed by atoms with Crippen molar-refractivity contribution in [2.45, 2.75) is 65.0 Å². The highest BCUT2D eigenvalue weighted by atomic mass is 29.3. The molecular formula is C10H26Si2. The molecule has 0 saturated heterocycles. The molecule has 12 heavy (non-hydrogen) atoms. The third-order valence-electron chi connectivity index (χ3n) is 4.58. The maximum atomic E-state index is 2.65. The minimum atomic E-state index is -0.812. The van der Waals surface area contributed by atoms with Gasteiger partial charge >= 0.3 is 0 Å². The smallest absolute Gasteiger partial charge is 0.0440 e. The van der Waals surface area contributed by atoms with E-state index in [-0.39, 0.29) is 0 Å². The van der Waals surface area contributed by atoms with E-state index < -0.39 is 15.2 Å². The molecular weight excluding hydrogens is 176 g/mol. The van der Waals surface area contributed by atoms with Crippen LogP contribution in [0.3, 0.4) is 0 Å². The van der Waals surface area contributed by atoms with E-state index >= 15 is 0 Å². The molecule has 0 heterocycles. The summed E-state index contributed by atoms with van der Waals surface area (Å²) < 4.78 is 0. The minimum Gasteiger partial charge on any atom is -0.0711 e. The fourth-order valence-corrected chi connectivity index (χ4v) is 16.9. The molecule has 0 spiro atoms. The van der Waals surface area contributed by atoms with E-state index in [0.29, 0.717) is 0 Å². The predicted octanol–water partition coefficient (Wildman–Crippen LogP) is 4.30. The van der Waals surface area contributed by atoms with Gasteiger partial charge < -0.3 is 0 Å². The molecule has 0 aliphatic heterocycles. The summed E-state index contributed by atoms with van der Waals surface area (Å²) in [4.78, 5) is 0. The van der Waals surface area contributed by atoms with Gasteiger partial charge in [0.05, 0.1) is 0 Å². The molecule has 0 nitrogen and oxygen atoms in total. The van der Waals surface area contributed by atoms with Gasteiger partial charge in [-0.3, -0.25) is 0 Å². The lowest BCUT2D eigenvalue weighted by molar-refractivity contribution is 1.22. The Balaban J connectivity index is 4.66. The Morgan fingerprint density at radius 2 is 0.750 bits per heavy atom. The maximum absolute atomic E-state index is 2.65. The van der Waals surface area contributed by atoms with Gasteiger partial charge in [-0.25, -0.2) is 0 Å². The maximum Gasteiger partial charge on any atom is 0.0440 e. The van der Waals surface area contributed by atoms with Crippen LogP contribution in [0.4, 0.5) is 0 Å². The minimum absolute atomic E-state index is 0.812. The zero-order valence-corrected chi connectivity index (χ0v) is 11.8. The van der Waals surface area contributed by atoms with Gasteiger partial charge in [0.25, 0.3) is 0 Å². The molecule has 0 aromatic carbocycles. The van der Waals surface area contributed by atoms with E-state index in [1.54, 1.807) is 0 Å². The van der Waals surface area contributed by atoms with E-state index in [1.807, 2.05) is 0 Å². The number of hydrogen-bond acceptors (Lipinski definition) is 0. The molecule has 74 valence electrons. The number of hydrogen-bond donors (Lipinski definition) is 0. The average molecular weight is 202 g/mol. The Morgan fingerprint density at radius 3 is 0.833 bits per heavy atom. The Bertz CT molecular complexity index is 108. The van der Waals surface area contributed by atoms with Gasteiger partial charge in [0.2, 0.25) is 0 Å². The largest absolute Gasteiger partial charge is 0.0711 e. The van der Waals surface area contributed by atoms with Crippen LogP contribution in [0.15, 0.2) is 0 Å². The molecule has 0 bridgehead atoms. The van der Waals surface area contributed by atoms with Gasteiger partial charge in [-0.05, 0) is 0 Å². The van der Waals surface area contributed by atoms with Crippen LogP contribution >= 0.6 is 0 Å². The second-order valence-electron chi connectivity index (χ2n) is 4.54. The molecule has 0 aliphatic carbocycles. The Kier molecular flexibility index (Phi) is 4.78. The molecule has 0 saturated carbocycles. The summed E-state index contributed by atoms with van der Waals surface area (Å²) in [5.74, 6) is 0. The second-order valence-corrected chi connectivity index (χ2v) is 20.8. The first kappa shape index (κ1) is 12.4.